The van der Waals surface area contributed by atoms with Gasteiger partial charge in [0.25, 0.3) is 0 Å². The lowest BCUT2D eigenvalue weighted by Gasteiger charge is -2.29. The first-order chi connectivity index (χ1) is 12.6. The zero-order chi connectivity index (χ0) is 18.4. The summed E-state index contributed by atoms with van der Waals surface area (Å²) in [5.74, 6) is 2.17. The third-order valence-corrected chi connectivity index (χ3v) is 4.91. The first-order valence-electron chi connectivity index (χ1n) is 9.28. The summed E-state index contributed by atoms with van der Waals surface area (Å²) in [7, 11) is 3.98. The molecule has 0 unspecified atom stereocenters. The minimum Gasteiger partial charge on any atom is -0.444 e. The van der Waals surface area contributed by atoms with Crippen LogP contribution in [0.2, 0.25) is 0 Å². The number of likely N-dealkylation sites (tertiary alicyclic amines) is 1. The van der Waals surface area contributed by atoms with Crippen molar-refractivity contribution in [2.75, 3.05) is 33.7 Å². The lowest BCUT2D eigenvalue weighted by atomic mass is 9.97. The first kappa shape index (κ1) is 21.7. The van der Waals surface area contributed by atoms with Crippen LogP contribution < -0.4 is 10.6 Å². The summed E-state index contributed by atoms with van der Waals surface area (Å²) in [6.07, 6.45) is 4.18. The van der Waals surface area contributed by atoms with E-state index in [-0.39, 0.29) is 24.0 Å². The SMILES string of the molecule is CN=C(NCc1coc(-c2ccc(C)cc2)n1)NCC1CCN(C)CC1.I. The predicted molar refractivity (Wildman–Crippen MR) is 121 cm³/mol. The summed E-state index contributed by atoms with van der Waals surface area (Å²) >= 11 is 0. The van der Waals surface area contributed by atoms with Crippen molar-refractivity contribution in [3.8, 4) is 11.5 Å². The van der Waals surface area contributed by atoms with Crippen molar-refractivity contribution < 1.29 is 4.42 Å². The van der Waals surface area contributed by atoms with Crippen LogP contribution >= 0.6 is 24.0 Å². The third-order valence-electron chi connectivity index (χ3n) is 4.91. The second-order valence-corrected chi connectivity index (χ2v) is 7.06. The molecule has 1 aromatic carbocycles. The molecule has 0 radical (unpaired) electrons. The van der Waals surface area contributed by atoms with E-state index in [1.807, 2.05) is 12.1 Å². The molecule has 0 aliphatic carbocycles. The van der Waals surface area contributed by atoms with Crippen LogP contribution in [0.5, 0.6) is 0 Å². The van der Waals surface area contributed by atoms with Crippen molar-refractivity contribution in [1.82, 2.24) is 20.5 Å². The average Bonchev–Trinajstić information content (AvgIpc) is 3.13. The number of halogens is 1. The van der Waals surface area contributed by atoms with Crippen LogP contribution in [0, 0.1) is 12.8 Å². The van der Waals surface area contributed by atoms with E-state index in [1.54, 1.807) is 13.3 Å². The Hall–Kier alpha value is -1.61. The minimum atomic E-state index is 0. The fourth-order valence-electron chi connectivity index (χ4n) is 3.12. The van der Waals surface area contributed by atoms with E-state index >= 15 is 0 Å². The fourth-order valence-corrected chi connectivity index (χ4v) is 3.12. The molecule has 27 heavy (non-hydrogen) atoms. The second kappa shape index (κ2) is 10.7. The molecule has 0 spiro atoms. The zero-order valence-electron chi connectivity index (χ0n) is 16.4. The summed E-state index contributed by atoms with van der Waals surface area (Å²) in [6.45, 7) is 5.97. The van der Waals surface area contributed by atoms with Crippen molar-refractivity contribution in [2.45, 2.75) is 26.3 Å². The second-order valence-electron chi connectivity index (χ2n) is 7.06. The van der Waals surface area contributed by atoms with Crippen molar-refractivity contribution in [2.24, 2.45) is 10.9 Å². The number of nitrogens with zero attached hydrogens (tertiary/aromatic N) is 3. The molecule has 3 rings (SSSR count). The van der Waals surface area contributed by atoms with E-state index < -0.39 is 0 Å². The normalized spacial score (nSPS) is 16.0. The minimum absolute atomic E-state index is 0. The number of rotatable bonds is 5. The maximum atomic E-state index is 5.61. The van der Waals surface area contributed by atoms with Crippen molar-refractivity contribution >= 4 is 29.9 Å². The van der Waals surface area contributed by atoms with Crippen LogP contribution in [0.4, 0.5) is 0 Å². The van der Waals surface area contributed by atoms with Gasteiger partial charge in [-0.15, -0.1) is 24.0 Å². The largest absolute Gasteiger partial charge is 0.444 e. The number of benzene rings is 1. The molecule has 1 aliphatic rings. The monoisotopic (exact) mass is 483 g/mol. The van der Waals surface area contributed by atoms with E-state index in [4.69, 9.17) is 4.42 Å². The number of hydrogen-bond donors (Lipinski definition) is 2. The van der Waals surface area contributed by atoms with Gasteiger partial charge in [-0.05, 0) is 58.0 Å². The van der Waals surface area contributed by atoms with E-state index in [2.05, 4.69) is 51.6 Å². The maximum absolute atomic E-state index is 5.61. The van der Waals surface area contributed by atoms with Crippen molar-refractivity contribution in [3.63, 3.8) is 0 Å². The summed E-state index contributed by atoms with van der Waals surface area (Å²) in [6, 6.07) is 8.18. The molecular weight excluding hydrogens is 453 g/mol. The van der Waals surface area contributed by atoms with Gasteiger partial charge in [0.1, 0.15) is 6.26 Å². The van der Waals surface area contributed by atoms with Crippen LogP contribution in [0.3, 0.4) is 0 Å². The van der Waals surface area contributed by atoms with Gasteiger partial charge in [0, 0.05) is 19.2 Å². The predicted octanol–water partition coefficient (Wildman–Crippen LogP) is 3.27. The highest BCUT2D eigenvalue weighted by Gasteiger charge is 2.16. The lowest BCUT2D eigenvalue weighted by molar-refractivity contribution is 0.220. The highest BCUT2D eigenvalue weighted by molar-refractivity contribution is 14.0. The molecule has 7 heteroatoms. The molecular formula is C20H30IN5O. The molecule has 6 nitrogen and oxygen atoms in total. The Balaban J connectivity index is 0.00000261. The number of aromatic nitrogens is 1. The summed E-state index contributed by atoms with van der Waals surface area (Å²) in [5, 5.41) is 6.74. The third kappa shape index (κ3) is 6.49. The van der Waals surface area contributed by atoms with Crippen molar-refractivity contribution in [1.29, 1.82) is 0 Å². The Morgan fingerprint density at radius 2 is 1.93 bits per heavy atom. The molecule has 0 atom stereocenters. The van der Waals surface area contributed by atoms with Gasteiger partial charge >= 0.3 is 0 Å². The fraction of sp³-hybridized carbons (Fsp3) is 0.500. The van der Waals surface area contributed by atoms with Crippen molar-refractivity contribution in [3.05, 3.63) is 41.8 Å². The first-order valence-corrected chi connectivity index (χ1v) is 9.28. The van der Waals surface area contributed by atoms with E-state index in [0.717, 1.165) is 23.8 Å². The quantitative estimate of drug-likeness (QED) is 0.388. The zero-order valence-corrected chi connectivity index (χ0v) is 18.7. The number of guanidine groups is 1. The van der Waals surface area contributed by atoms with Crippen LogP contribution in [0.25, 0.3) is 11.5 Å². The van der Waals surface area contributed by atoms with Gasteiger partial charge in [0.2, 0.25) is 5.89 Å². The topological polar surface area (TPSA) is 65.7 Å². The number of oxazole rings is 1. The summed E-state index contributed by atoms with van der Waals surface area (Å²) in [4.78, 5) is 11.2. The smallest absolute Gasteiger partial charge is 0.226 e. The maximum Gasteiger partial charge on any atom is 0.226 e. The Bertz CT molecular complexity index is 720. The summed E-state index contributed by atoms with van der Waals surface area (Å²) < 4.78 is 5.61. The van der Waals surface area contributed by atoms with E-state index in [1.165, 1.54) is 31.5 Å². The van der Waals surface area contributed by atoms with Crippen LogP contribution in [-0.4, -0.2) is 49.6 Å². The van der Waals surface area contributed by atoms with Gasteiger partial charge in [-0.25, -0.2) is 4.98 Å². The van der Waals surface area contributed by atoms with Crippen LogP contribution in [0.1, 0.15) is 24.1 Å². The Morgan fingerprint density at radius 1 is 1.22 bits per heavy atom. The highest BCUT2D eigenvalue weighted by Crippen LogP contribution is 2.19. The Kier molecular flexibility index (Phi) is 8.56. The number of aryl methyl sites for hydroxylation is 1. The average molecular weight is 483 g/mol. The van der Waals surface area contributed by atoms with Gasteiger partial charge < -0.3 is 20.0 Å². The van der Waals surface area contributed by atoms with Gasteiger partial charge in [0.15, 0.2) is 5.96 Å². The lowest BCUT2D eigenvalue weighted by Crippen LogP contribution is -2.42. The van der Waals surface area contributed by atoms with Gasteiger partial charge in [-0.2, -0.15) is 0 Å². The number of nitrogens with one attached hydrogen (secondary N) is 2. The van der Waals surface area contributed by atoms with Gasteiger partial charge in [-0.1, -0.05) is 17.7 Å². The molecule has 2 N–H and O–H groups in total. The highest BCUT2D eigenvalue weighted by atomic mass is 127. The Morgan fingerprint density at radius 3 is 2.59 bits per heavy atom. The van der Waals surface area contributed by atoms with E-state index in [9.17, 15) is 0 Å². The van der Waals surface area contributed by atoms with Gasteiger partial charge in [-0.3, -0.25) is 4.99 Å². The molecule has 2 heterocycles. The molecule has 1 fully saturated rings. The Labute approximate surface area is 178 Å². The van der Waals surface area contributed by atoms with Crippen LogP contribution in [-0.2, 0) is 6.54 Å². The molecule has 1 aromatic heterocycles. The molecule has 0 bridgehead atoms. The molecule has 1 aliphatic heterocycles. The standard InChI is InChI=1S/C20H29N5O.HI/c1-15-4-6-17(7-5-15)19-24-18(14-26-19)13-23-20(21-2)22-12-16-8-10-25(3)11-9-16;/h4-7,14,16H,8-13H2,1-3H3,(H2,21,22,23);1H. The number of hydrogen-bond acceptors (Lipinski definition) is 4. The molecule has 1 saturated heterocycles. The molecule has 148 valence electrons. The molecule has 2 aromatic rings. The summed E-state index contributed by atoms with van der Waals surface area (Å²) in [5.41, 5.74) is 3.08. The number of aliphatic imine (C=N–C) groups is 1. The number of piperidine rings is 1. The molecule has 0 amide bonds. The van der Waals surface area contributed by atoms with Gasteiger partial charge in [0.05, 0.1) is 12.2 Å². The van der Waals surface area contributed by atoms with E-state index in [0.29, 0.717) is 18.4 Å². The van der Waals surface area contributed by atoms with Crippen LogP contribution in [0.15, 0.2) is 39.9 Å². The molecule has 0 saturated carbocycles.